The Hall–Kier alpha value is -0.690. The summed E-state index contributed by atoms with van der Waals surface area (Å²) in [4.78, 5) is 0.151. The molecule has 1 aliphatic rings. The van der Waals surface area contributed by atoms with Gasteiger partial charge in [0.1, 0.15) is 5.82 Å². The zero-order valence-corrected chi connectivity index (χ0v) is 13.2. The average molecular weight is 323 g/mol. The van der Waals surface area contributed by atoms with Gasteiger partial charge in [-0.15, -0.1) is 12.4 Å². The highest BCUT2D eigenvalue weighted by Crippen LogP contribution is 2.24. The highest BCUT2D eigenvalue weighted by molar-refractivity contribution is 7.89. The van der Waals surface area contributed by atoms with E-state index in [2.05, 4.69) is 0 Å². The maximum Gasteiger partial charge on any atom is 0.243 e. The van der Waals surface area contributed by atoms with Crippen LogP contribution in [0.15, 0.2) is 17.0 Å². The molecule has 1 aromatic carbocycles. The van der Waals surface area contributed by atoms with E-state index in [1.165, 1.54) is 16.4 Å². The highest BCUT2D eigenvalue weighted by Gasteiger charge is 2.29. The van der Waals surface area contributed by atoms with E-state index in [0.29, 0.717) is 24.2 Å². The normalized spacial score (nSPS) is 20.5. The Labute approximate surface area is 125 Å². The van der Waals surface area contributed by atoms with Crippen molar-refractivity contribution >= 4 is 22.4 Å². The second-order valence-corrected chi connectivity index (χ2v) is 7.07. The van der Waals surface area contributed by atoms with Crippen LogP contribution in [0.3, 0.4) is 0 Å². The molecule has 20 heavy (non-hydrogen) atoms. The quantitative estimate of drug-likeness (QED) is 0.905. The van der Waals surface area contributed by atoms with E-state index in [4.69, 9.17) is 5.73 Å². The summed E-state index contributed by atoms with van der Waals surface area (Å²) in [6.07, 6.45) is 1.60. The van der Waals surface area contributed by atoms with E-state index >= 15 is 0 Å². The Morgan fingerprint density at radius 3 is 2.35 bits per heavy atom. The van der Waals surface area contributed by atoms with Crippen LogP contribution in [0.4, 0.5) is 4.39 Å². The third-order valence-electron chi connectivity index (χ3n) is 3.47. The Morgan fingerprint density at radius 2 is 1.85 bits per heavy atom. The van der Waals surface area contributed by atoms with Crippen molar-refractivity contribution in [2.24, 2.45) is 5.73 Å². The van der Waals surface area contributed by atoms with Crippen molar-refractivity contribution in [1.29, 1.82) is 0 Å². The number of benzene rings is 1. The lowest BCUT2D eigenvalue weighted by Crippen LogP contribution is -2.45. The van der Waals surface area contributed by atoms with Gasteiger partial charge in [0.15, 0.2) is 0 Å². The van der Waals surface area contributed by atoms with Crippen LogP contribution in [-0.2, 0) is 10.0 Å². The minimum atomic E-state index is -3.57. The van der Waals surface area contributed by atoms with Crippen molar-refractivity contribution in [1.82, 2.24) is 4.31 Å². The van der Waals surface area contributed by atoms with Gasteiger partial charge in [0, 0.05) is 19.1 Å². The Kier molecular flexibility index (Phi) is 5.54. The number of sulfonamides is 1. The molecule has 114 valence electrons. The SMILES string of the molecule is Cc1cc(S(=O)(=O)N2CCCC(N)C2)cc(C)c1F.Cl. The predicted molar refractivity (Wildman–Crippen MR) is 79.1 cm³/mol. The van der Waals surface area contributed by atoms with Gasteiger partial charge < -0.3 is 5.73 Å². The summed E-state index contributed by atoms with van der Waals surface area (Å²) in [6, 6.07) is 2.65. The number of nitrogens with zero attached hydrogens (tertiary/aromatic N) is 1. The van der Waals surface area contributed by atoms with Crippen LogP contribution in [0.5, 0.6) is 0 Å². The van der Waals surface area contributed by atoms with Crippen molar-refractivity contribution < 1.29 is 12.8 Å². The molecule has 0 bridgehead atoms. The fourth-order valence-electron chi connectivity index (χ4n) is 2.40. The first-order valence-corrected chi connectivity index (χ1v) is 7.79. The summed E-state index contributed by atoms with van der Waals surface area (Å²) in [7, 11) is -3.57. The molecule has 0 spiro atoms. The predicted octanol–water partition coefficient (Wildman–Crippen LogP) is 1.98. The van der Waals surface area contributed by atoms with Gasteiger partial charge in [-0.1, -0.05) is 0 Å². The minimum Gasteiger partial charge on any atom is -0.327 e. The average Bonchev–Trinajstić information content (AvgIpc) is 2.35. The van der Waals surface area contributed by atoms with Crippen LogP contribution in [0, 0.1) is 19.7 Å². The third kappa shape index (κ3) is 3.31. The van der Waals surface area contributed by atoms with Gasteiger partial charge in [-0.3, -0.25) is 0 Å². The monoisotopic (exact) mass is 322 g/mol. The Morgan fingerprint density at radius 1 is 1.30 bits per heavy atom. The molecule has 0 aliphatic carbocycles. The van der Waals surface area contributed by atoms with Crippen molar-refractivity contribution in [3.63, 3.8) is 0 Å². The summed E-state index contributed by atoms with van der Waals surface area (Å²) in [5.41, 5.74) is 6.51. The number of nitrogens with two attached hydrogens (primary N) is 1. The van der Waals surface area contributed by atoms with Crippen molar-refractivity contribution in [2.45, 2.75) is 37.6 Å². The van der Waals surface area contributed by atoms with Gasteiger partial charge in [0.25, 0.3) is 0 Å². The van der Waals surface area contributed by atoms with Crippen molar-refractivity contribution in [3.05, 3.63) is 29.1 Å². The molecule has 1 atom stereocenters. The first-order valence-electron chi connectivity index (χ1n) is 6.35. The molecule has 0 amide bonds. The van der Waals surface area contributed by atoms with Crippen LogP contribution in [-0.4, -0.2) is 31.9 Å². The number of piperidine rings is 1. The second kappa shape index (κ2) is 6.39. The van der Waals surface area contributed by atoms with Crippen LogP contribution >= 0.6 is 12.4 Å². The van der Waals surface area contributed by atoms with Gasteiger partial charge >= 0.3 is 0 Å². The van der Waals surface area contributed by atoms with Gasteiger partial charge in [-0.2, -0.15) is 4.31 Å². The molecule has 2 N–H and O–H groups in total. The van der Waals surface area contributed by atoms with Crippen molar-refractivity contribution in [3.8, 4) is 0 Å². The van der Waals surface area contributed by atoms with Crippen LogP contribution < -0.4 is 5.73 Å². The standard InChI is InChI=1S/C13H19FN2O2S.ClH/c1-9-6-12(7-10(2)13(9)14)19(17,18)16-5-3-4-11(15)8-16;/h6-7,11H,3-5,8,15H2,1-2H3;1H. The molecule has 0 aromatic heterocycles. The number of rotatable bonds is 2. The molecule has 1 unspecified atom stereocenters. The third-order valence-corrected chi connectivity index (χ3v) is 5.31. The molecular weight excluding hydrogens is 303 g/mol. The van der Waals surface area contributed by atoms with Crippen LogP contribution in [0.1, 0.15) is 24.0 Å². The lowest BCUT2D eigenvalue weighted by atomic mass is 10.1. The summed E-state index contributed by atoms with van der Waals surface area (Å²) >= 11 is 0. The molecule has 0 radical (unpaired) electrons. The van der Waals surface area contributed by atoms with Crippen LogP contribution in [0.2, 0.25) is 0 Å². The number of aryl methyl sites for hydroxylation is 2. The van der Waals surface area contributed by atoms with E-state index in [0.717, 1.165) is 12.8 Å². The molecule has 1 heterocycles. The fraction of sp³-hybridized carbons (Fsp3) is 0.538. The van der Waals surface area contributed by atoms with E-state index in [1.807, 2.05) is 0 Å². The van der Waals surface area contributed by atoms with Crippen molar-refractivity contribution in [2.75, 3.05) is 13.1 Å². The maximum absolute atomic E-state index is 13.6. The Bertz CT molecular complexity index is 569. The summed E-state index contributed by atoms with van der Waals surface area (Å²) in [5, 5.41) is 0. The molecule has 1 aliphatic heterocycles. The number of hydrogen-bond acceptors (Lipinski definition) is 3. The van der Waals surface area contributed by atoms with Gasteiger partial charge in [0.05, 0.1) is 4.90 Å². The smallest absolute Gasteiger partial charge is 0.243 e. The number of hydrogen-bond donors (Lipinski definition) is 1. The highest BCUT2D eigenvalue weighted by atomic mass is 35.5. The molecule has 1 fully saturated rings. The topological polar surface area (TPSA) is 63.4 Å². The largest absolute Gasteiger partial charge is 0.327 e. The van der Waals surface area contributed by atoms with E-state index in [9.17, 15) is 12.8 Å². The first-order chi connectivity index (χ1) is 8.82. The number of halogens is 2. The molecule has 2 rings (SSSR count). The second-order valence-electron chi connectivity index (χ2n) is 5.14. The van der Waals surface area contributed by atoms with E-state index < -0.39 is 10.0 Å². The first kappa shape index (κ1) is 17.4. The van der Waals surface area contributed by atoms with Crippen LogP contribution in [0.25, 0.3) is 0 Å². The molecule has 4 nitrogen and oxygen atoms in total. The van der Waals surface area contributed by atoms with E-state index in [1.54, 1.807) is 13.8 Å². The zero-order chi connectivity index (χ0) is 14.2. The summed E-state index contributed by atoms with van der Waals surface area (Å²) in [6.45, 7) is 3.95. The fourth-order valence-corrected chi connectivity index (χ4v) is 4.10. The lowest BCUT2D eigenvalue weighted by Gasteiger charge is -2.30. The molecular formula is C13H20ClFN2O2S. The molecule has 7 heteroatoms. The zero-order valence-electron chi connectivity index (χ0n) is 11.6. The van der Waals surface area contributed by atoms with Gasteiger partial charge in [0.2, 0.25) is 10.0 Å². The van der Waals surface area contributed by atoms with Gasteiger partial charge in [-0.05, 0) is 49.9 Å². The minimum absolute atomic E-state index is 0. The Balaban J connectivity index is 0.00000200. The summed E-state index contributed by atoms with van der Waals surface area (Å²) < 4.78 is 40.0. The molecule has 0 saturated carbocycles. The molecule has 1 aromatic rings. The lowest BCUT2D eigenvalue weighted by molar-refractivity contribution is 0.316. The maximum atomic E-state index is 13.6. The van der Waals surface area contributed by atoms with Gasteiger partial charge in [-0.25, -0.2) is 12.8 Å². The molecule has 1 saturated heterocycles. The van der Waals surface area contributed by atoms with E-state index in [-0.39, 0.29) is 29.2 Å². The summed E-state index contributed by atoms with van der Waals surface area (Å²) in [5.74, 6) is -0.353.